The fourth-order valence-corrected chi connectivity index (χ4v) is 2.43. The fraction of sp³-hybridized carbons (Fsp3) is 1.00. The van der Waals surface area contributed by atoms with Crippen molar-refractivity contribution in [3.8, 4) is 0 Å². The summed E-state index contributed by atoms with van der Waals surface area (Å²) in [6.45, 7) is 5.29. The van der Waals surface area contributed by atoms with Crippen LogP contribution in [0.5, 0.6) is 0 Å². The minimum atomic E-state index is 0.146. The van der Waals surface area contributed by atoms with E-state index in [-0.39, 0.29) is 5.60 Å². The van der Waals surface area contributed by atoms with E-state index >= 15 is 0 Å². The lowest BCUT2D eigenvalue weighted by molar-refractivity contribution is -0.0160. The Morgan fingerprint density at radius 2 is 1.80 bits per heavy atom. The third kappa shape index (κ3) is 3.76. The molecule has 0 amide bonds. The Morgan fingerprint density at radius 1 is 1.20 bits per heavy atom. The first kappa shape index (κ1) is 13.0. The zero-order chi connectivity index (χ0) is 11.1. The molecule has 0 aromatic carbocycles. The Balaban J connectivity index is 2.45. The van der Waals surface area contributed by atoms with Gasteiger partial charge in [-0.2, -0.15) is 0 Å². The third-order valence-corrected chi connectivity index (χ3v) is 3.48. The summed E-state index contributed by atoms with van der Waals surface area (Å²) >= 11 is 0. The van der Waals surface area contributed by atoms with Crippen molar-refractivity contribution < 1.29 is 9.47 Å². The van der Waals surface area contributed by atoms with Gasteiger partial charge >= 0.3 is 0 Å². The van der Waals surface area contributed by atoms with Crippen molar-refractivity contribution in [2.75, 3.05) is 13.7 Å². The Labute approximate surface area is 94.3 Å². The summed E-state index contributed by atoms with van der Waals surface area (Å²) < 4.78 is 11.4. The molecule has 1 aliphatic rings. The summed E-state index contributed by atoms with van der Waals surface area (Å²) in [4.78, 5) is 0. The molecule has 1 fully saturated rings. The molecule has 0 bridgehead atoms. The quantitative estimate of drug-likeness (QED) is 0.645. The van der Waals surface area contributed by atoms with E-state index in [9.17, 15) is 0 Å². The number of unbranched alkanes of at least 4 members (excludes halogenated alkanes) is 2. The molecule has 2 nitrogen and oxygen atoms in total. The molecule has 0 aromatic heterocycles. The monoisotopic (exact) mass is 214 g/mol. The zero-order valence-corrected chi connectivity index (χ0v) is 10.6. The lowest BCUT2D eigenvalue weighted by atomic mass is 9.87. The molecule has 0 aliphatic carbocycles. The lowest BCUT2D eigenvalue weighted by Gasteiger charge is -2.28. The zero-order valence-electron chi connectivity index (χ0n) is 10.6. The van der Waals surface area contributed by atoms with Gasteiger partial charge in [0.1, 0.15) is 0 Å². The van der Waals surface area contributed by atoms with Crippen molar-refractivity contribution in [3.05, 3.63) is 0 Å². The molecular weight excluding hydrogens is 188 g/mol. The normalized spacial score (nSPS) is 24.6. The number of methoxy groups -OCH3 is 1. The van der Waals surface area contributed by atoms with Crippen LogP contribution in [0.3, 0.4) is 0 Å². The van der Waals surface area contributed by atoms with Crippen molar-refractivity contribution >= 4 is 0 Å². The van der Waals surface area contributed by atoms with E-state index in [1.807, 2.05) is 0 Å². The van der Waals surface area contributed by atoms with E-state index in [1.54, 1.807) is 7.11 Å². The summed E-state index contributed by atoms with van der Waals surface area (Å²) in [5.74, 6) is 0. The van der Waals surface area contributed by atoms with Gasteiger partial charge in [0.25, 0.3) is 0 Å². The van der Waals surface area contributed by atoms with E-state index in [0.29, 0.717) is 6.10 Å². The molecule has 1 atom stereocenters. The molecule has 1 rings (SSSR count). The molecule has 0 radical (unpaired) electrons. The van der Waals surface area contributed by atoms with Gasteiger partial charge in [-0.05, 0) is 12.8 Å². The molecule has 0 spiro atoms. The smallest absolute Gasteiger partial charge is 0.0832 e. The molecule has 0 saturated carbocycles. The van der Waals surface area contributed by atoms with Crippen LogP contribution in [0.1, 0.15) is 58.8 Å². The van der Waals surface area contributed by atoms with E-state index in [0.717, 1.165) is 13.0 Å². The number of hydrogen-bond acceptors (Lipinski definition) is 2. The van der Waals surface area contributed by atoms with Crippen LogP contribution in [0, 0.1) is 0 Å². The van der Waals surface area contributed by atoms with Crippen molar-refractivity contribution in [2.45, 2.75) is 70.5 Å². The van der Waals surface area contributed by atoms with Gasteiger partial charge in [-0.15, -0.1) is 0 Å². The molecule has 90 valence electrons. The van der Waals surface area contributed by atoms with Crippen molar-refractivity contribution in [1.29, 1.82) is 0 Å². The number of rotatable bonds is 7. The molecule has 2 heteroatoms. The van der Waals surface area contributed by atoms with E-state index < -0.39 is 0 Å². The molecular formula is C13H26O2. The second-order valence-electron chi connectivity index (χ2n) is 4.76. The third-order valence-electron chi connectivity index (χ3n) is 3.48. The maximum atomic E-state index is 6.02. The van der Waals surface area contributed by atoms with Crippen LogP contribution >= 0.6 is 0 Å². The summed E-state index contributed by atoms with van der Waals surface area (Å²) in [6, 6.07) is 0. The topological polar surface area (TPSA) is 18.5 Å². The average Bonchev–Trinajstić information content (AvgIpc) is 2.68. The molecule has 0 aromatic rings. The first-order chi connectivity index (χ1) is 7.26. The highest BCUT2D eigenvalue weighted by Crippen LogP contribution is 2.36. The molecule has 1 saturated heterocycles. The maximum Gasteiger partial charge on any atom is 0.0832 e. The van der Waals surface area contributed by atoms with E-state index in [1.165, 1.54) is 38.5 Å². The largest absolute Gasteiger partial charge is 0.379 e. The van der Waals surface area contributed by atoms with Crippen molar-refractivity contribution in [1.82, 2.24) is 0 Å². The Morgan fingerprint density at radius 3 is 2.20 bits per heavy atom. The first-order valence-electron chi connectivity index (χ1n) is 6.43. The minimum Gasteiger partial charge on any atom is -0.379 e. The van der Waals surface area contributed by atoms with Gasteiger partial charge in [-0.25, -0.2) is 0 Å². The van der Waals surface area contributed by atoms with E-state index in [2.05, 4.69) is 13.8 Å². The fourth-order valence-electron chi connectivity index (χ4n) is 2.43. The van der Waals surface area contributed by atoms with Gasteiger partial charge in [0.05, 0.1) is 18.3 Å². The van der Waals surface area contributed by atoms with Gasteiger partial charge in [0.2, 0.25) is 0 Å². The number of hydrogen-bond donors (Lipinski definition) is 0. The van der Waals surface area contributed by atoms with Crippen LogP contribution in [-0.4, -0.2) is 25.4 Å². The molecule has 1 heterocycles. The van der Waals surface area contributed by atoms with Crippen LogP contribution in [0.2, 0.25) is 0 Å². The highest BCUT2D eigenvalue weighted by molar-refractivity contribution is 4.89. The Kier molecular flexibility index (Phi) is 5.62. The van der Waals surface area contributed by atoms with Crippen LogP contribution in [-0.2, 0) is 9.47 Å². The highest BCUT2D eigenvalue weighted by Gasteiger charge is 2.39. The summed E-state index contributed by atoms with van der Waals surface area (Å²) in [5.41, 5.74) is 0.146. The predicted octanol–water partition coefficient (Wildman–Crippen LogP) is 3.54. The molecule has 1 unspecified atom stereocenters. The molecule has 1 aliphatic heterocycles. The lowest BCUT2D eigenvalue weighted by Crippen LogP contribution is -2.28. The summed E-state index contributed by atoms with van der Waals surface area (Å²) in [5, 5.41) is 0. The van der Waals surface area contributed by atoms with Gasteiger partial charge in [0, 0.05) is 13.5 Å². The number of ether oxygens (including phenoxy) is 2. The standard InChI is InChI=1S/C13H26O2/c1-4-6-8-13(9-7-5-2)10-12(14-3)11-15-13/h12H,4-11H2,1-3H3. The summed E-state index contributed by atoms with van der Waals surface area (Å²) in [7, 11) is 1.80. The van der Waals surface area contributed by atoms with E-state index in [4.69, 9.17) is 9.47 Å². The molecule has 0 N–H and O–H groups in total. The highest BCUT2D eigenvalue weighted by atomic mass is 16.6. The molecule has 15 heavy (non-hydrogen) atoms. The van der Waals surface area contributed by atoms with Crippen molar-refractivity contribution in [3.63, 3.8) is 0 Å². The van der Waals surface area contributed by atoms with Crippen molar-refractivity contribution in [2.24, 2.45) is 0 Å². The van der Waals surface area contributed by atoms with Crippen LogP contribution in [0.4, 0.5) is 0 Å². The predicted molar refractivity (Wildman–Crippen MR) is 63.1 cm³/mol. The van der Waals surface area contributed by atoms with Gasteiger partial charge < -0.3 is 9.47 Å². The average molecular weight is 214 g/mol. The second kappa shape index (κ2) is 6.49. The van der Waals surface area contributed by atoms with Gasteiger partial charge in [0.15, 0.2) is 0 Å². The second-order valence-corrected chi connectivity index (χ2v) is 4.76. The maximum absolute atomic E-state index is 6.02. The van der Waals surface area contributed by atoms with Crippen LogP contribution in [0.15, 0.2) is 0 Å². The first-order valence-corrected chi connectivity index (χ1v) is 6.43. The van der Waals surface area contributed by atoms with Crippen LogP contribution in [0.25, 0.3) is 0 Å². The SMILES string of the molecule is CCCCC1(CCCC)CC(OC)CO1. The van der Waals surface area contributed by atoms with Gasteiger partial charge in [-0.3, -0.25) is 0 Å². The van der Waals surface area contributed by atoms with Gasteiger partial charge in [-0.1, -0.05) is 39.5 Å². The summed E-state index contributed by atoms with van der Waals surface area (Å²) in [6.07, 6.45) is 8.93. The minimum absolute atomic E-state index is 0.146. The van der Waals surface area contributed by atoms with Crippen LogP contribution < -0.4 is 0 Å². The Bertz CT molecular complexity index is 160. The Hall–Kier alpha value is -0.0800.